The van der Waals surface area contributed by atoms with Crippen LogP contribution in [0.1, 0.15) is 62.2 Å². The van der Waals surface area contributed by atoms with Crippen LogP contribution in [0.3, 0.4) is 0 Å². The van der Waals surface area contributed by atoms with E-state index in [4.69, 9.17) is 9.26 Å². The number of rotatable bonds is 5. The smallest absolute Gasteiger partial charge is 0.274 e. The van der Waals surface area contributed by atoms with Gasteiger partial charge in [-0.05, 0) is 38.3 Å². The molecule has 1 saturated heterocycles. The fourth-order valence-electron chi connectivity index (χ4n) is 3.88. The molecule has 1 aliphatic rings. The van der Waals surface area contributed by atoms with Gasteiger partial charge in [-0.1, -0.05) is 30.8 Å². The monoisotopic (exact) mass is 441 g/mol. The largest absolute Gasteiger partial charge is 0.508 e. The maximum atomic E-state index is 12.5. The first-order valence-electron chi connectivity index (χ1n) is 10.9. The van der Waals surface area contributed by atoms with E-state index in [0.717, 1.165) is 13.1 Å². The number of hydrogen-bond acceptors (Lipinski definition) is 7. The van der Waals surface area contributed by atoms with Crippen molar-refractivity contribution in [2.24, 2.45) is 0 Å². The lowest BCUT2D eigenvalue weighted by Crippen LogP contribution is -2.45. The van der Waals surface area contributed by atoms with Gasteiger partial charge in [-0.2, -0.15) is 0 Å². The summed E-state index contributed by atoms with van der Waals surface area (Å²) >= 11 is 0. The first-order chi connectivity index (χ1) is 15.2. The van der Waals surface area contributed by atoms with Crippen LogP contribution in [0.15, 0.2) is 16.7 Å². The highest BCUT2D eigenvalue weighted by Crippen LogP contribution is 2.39. The first kappa shape index (κ1) is 23.6. The second kappa shape index (κ2) is 10.1. The summed E-state index contributed by atoms with van der Waals surface area (Å²) < 4.78 is 11.3. The van der Waals surface area contributed by atoms with Gasteiger partial charge >= 0.3 is 0 Å². The fourth-order valence-corrected chi connectivity index (χ4v) is 3.88. The van der Waals surface area contributed by atoms with Crippen LogP contribution in [-0.4, -0.2) is 64.6 Å². The third-order valence-electron chi connectivity index (χ3n) is 5.27. The Hall–Kier alpha value is -3.02. The van der Waals surface area contributed by atoms with Crippen molar-refractivity contribution in [1.82, 2.24) is 15.4 Å². The van der Waals surface area contributed by atoms with Crippen LogP contribution in [0.4, 0.5) is 0 Å². The van der Waals surface area contributed by atoms with Crippen molar-refractivity contribution in [3.05, 3.63) is 29.0 Å². The summed E-state index contributed by atoms with van der Waals surface area (Å²) in [7, 11) is 0. The van der Waals surface area contributed by atoms with Gasteiger partial charge in [0.15, 0.2) is 11.5 Å². The molecule has 172 valence electrons. The molecule has 1 amide bonds. The van der Waals surface area contributed by atoms with Crippen molar-refractivity contribution >= 4 is 5.91 Å². The Balaban J connectivity index is 2.01. The molecular weight excluding hydrogens is 410 g/mol. The average molecular weight is 442 g/mol. The maximum Gasteiger partial charge on any atom is 0.274 e. The van der Waals surface area contributed by atoms with Crippen LogP contribution in [0.2, 0.25) is 0 Å². The van der Waals surface area contributed by atoms with Crippen LogP contribution in [0.25, 0.3) is 11.3 Å². The summed E-state index contributed by atoms with van der Waals surface area (Å²) in [5.41, 5.74) is 1.34. The van der Waals surface area contributed by atoms with Crippen LogP contribution >= 0.6 is 0 Å². The molecule has 0 radical (unpaired) electrons. The molecule has 2 aromatic rings. The predicted molar refractivity (Wildman–Crippen MR) is 121 cm³/mol. The maximum absolute atomic E-state index is 12.5. The number of hydrogen-bond donors (Lipinski definition) is 3. The molecular formula is C24H31N3O5. The number of phenols is 2. The molecule has 1 fully saturated rings. The molecule has 0 unspecified atom stereocenters. The number of carbonyl (C=O) groups is 1. The van der Waals surface area contributed by atoms with Gasteiger partial charge in [0.1, 0.15) is 17.1 Å². The fraction of sp³-hybridized carbons (Fsp3) is 0.500. The van der Waals surface area contributed by atoms with Gasteiger partial charge in [-0.25, -0.2) is 0 Å². The second-order valence-corrected chi connectivity index (χ2v) is 8.43. The highest BCUT2D eigenvalue weighted by Gasteiger charge is 2.25. The molecule has 0 spiro atoms. The van der Waals surface area contributed by atoms with Crippen LogP contribution in [0, 0.1) is 11.8 Å². The van der Waals surface area contributed by atoms with Gasteiger partial charge in [0, 0.05) is 25.7 Å². The lowest BCUT2D eigenvalue weighted by atomic mass is 9.96. The number of carbonyl (C=O) groups excluding carboxylic acids is 1. The molecule has 8 nitrogen and oxygen atoms in total. The number of nitrogens with zero attached hydrogens (tertiary/aromatic N) is 2. The van der Waals surface area contributed by atoms with E-state index in [1.807, 2.05) is 34.6 Å². The minimum Gasteiger partial charge on any atom is -0.508 e. The Labute approximate surface area is 188 Å². The zero-order valence-electron chi connectivity index (χ0n) is 19.2. The van der Waals surface area contributed by atoms with E-state index < -0.39 is 5.91 Å². The number of aromatic hydroxyl groups is 2. The van der Waals surface area contributed by atoms with Crippen molar-refractivity contribution in [3.63, 3.8) is 0 Å². The molecule has 0 bridgehead atoms. The van der Waals surface area contributed by atoms with Crippen LogP contribution in [-0.2, 0) is 4.74 Å². The van der Waals surface area contributed by atoms with Crippen LogP contribution in [0.5, 0.6) is 11.5 Å². The number of ether oxygens (including phenoxy) is 1. The van der Waals surface area contributed by atoms with Gasteiger partial charge < -0.3 is 24.8 Å². The minimum atomic E-state index is -0.400. The zero-order chi connectivity index (χ0) is 23.4. The molecule has 1 aromatic heterocycles. The predicted octanol–water partition coefficient (Wildman–Crippen LogP) is 3.09. The third kappa shape index (κ3) is 5.23. The Kier molecular flexibility index (Phi) is 7.44. The van der Waals surface area contributed by atoms with E-state index in [0.29, 0.717) is 29.8 Å². The number of morpholine rings is 1. The van der Waals surface area contributed by atoms with Gasteiger partial charge in [-0.3, -0.25) is 9.69 Å². The molecule has 3 N–H and O–H groups in total. The quantitative estimate of drug-likeness (QED) is 0.612. The Morgan fingerprint density at radius 3 is 2.56 bits per heavy atom. The minimum absolute atomic E-state index is 0.00657. The number of aromatic nitrogens is 1. The Bertz CT molecular complexity index is 1020. The number of amides is 1. The normalized spacial score (nSPS) is 18.9. The standard InChI is InChI=1S/C24H31N3O5/c1-6-25-24(30)22-17(8-7-9-27-12-15(4)31-16(5)13-27)23(32-26-22)19-10-18(14(2)3)20(28)11-21(19)29/h10-11,14-16,28-29H,6,9,12-13H2,1-5H3,(H,25,30)/t15-,16+. The second-order valence-electron chi connectivity index (χ2n) is 8.43. The van der Waals surface area contributed by atoms with Crippen LogP contribution < -0.4 is 5.32 Å². The van der Waals surface area contributed by atoms with Gasteiger partial charge in [0.25, 0.3) is 5.91 Å². The lowest BCUT2D eigenvalue weighted by Gasteiger charge is -2.34. The van der Waals surface area contributed by atoms with Crippen molar-refractivity contribution in [3.8, 4) is 34.7 Å². The van der Waals surface area contributed by atoms with Gasteiger partial charge in [0.2, 0.25) is 0 Å². The lowest BCUT2D eigenvalue weighted by molar-refractivity contribution is -0.0640. The van der Waals surface area contributed by atoms with Crippen molar-refractivity contribution < 1.29 is 24.3 Å². The SMILES string of the molecule is CCNC(=O)c1noc(-c2cc(C(C)C)c(O)cc2O)c1C#CCN1C[C@@H](C)O[C@@H](C)C1. The topological polar surface area (TPSA) is 108 Å². The Morgan fingerprint density at radius 1 is 1.25 bits per heavy atom. The van der Waals surface area contributed by atoms with E-state index in [1.165, 1.54) is 6.07 Å². The molecule has 0 aliphatic carbocycles. The van der Waals surface area contributed by atoms with E-state index in [-0.39, 0.29) is 41.1 Å². The Morgan fingerprint density at radius 2 is 1.94 bits per heavy atom. The summed E-state index contributed by atoms with van der Waals surface area (Å²) in [6.45, 7) is 12.2. The van der Waals surface area contributed by atoms with Gasteiger partial charge in [-0.15, -0.1) is 0 Å². The third-order valence-corrected chi connectivity index (χ3v) is 5.27. The number of nitrogens with one attached hydrogen (secondary N) is 1. The number of benzene rings is 1. The summed E-state index contributed by atoms with van der Waals surface area (Å²) in [4.78, 5) is 14.7. The molecule has 1 aliphatic heterocycles. The summed E-state index contributed by atoms with van der Waals surface area (Å²) in [6, 6.07) is 2.92. The molecule has 32 heavy (non-hydrogen) atoms. The number of phenolic OH excluding ortho intramolecular Hbond substituents is 2. The summed E-state index contributed by atoms with van der Waals surface area (Å²) in [5.74, 6) is 5.79. The van der Waals surface area contributed by atoms with E-state index in [2.05, 4.69) is 27.2 Å². The molecule has 3 rings (SSSR count). The first-order valence-corrected chi connectivity index (χ1v) is 10.9. The van der Waals surface area contributed by atoms with Crippen molar-refractivity contribution in [2.45, 2.75) is 52.7 Å². The van der Waals surface area contributed by atoms with Gasteiger partial charge in [0.05, 0.1) is 24.3 Å². The van der Waals surface area contributed by atoms with Crippen molar-refractivity contribution in [2.75, 3.05) is 26.2 Å². The summed E-state index contributed by atoms with van der Waals surface area (Å²) in [6.07, 6.45) is 0.252. The average Bonchev–Trinajstić information content (AvgIpc) is 3.11. The van der Waals surface area contributed by atoms with E-state index in [1.54, 1.807) is 6.07 Å². The molecule has 1 aromatic carbocycles. The summed E-state index contributed by atoms with van der Waals surface area (Å²) in [5, 5.41) is 27.3. The van der Waals surface area contributed by atoms with E-state index >= 15 is 0 Å². The molecule has 0 saturated carbocycles. The molecule has 8 heteroatoms. The highest BCUT2D eigenvalue weighted by atomic mass is 16.5. The molecule has 2 atom stereocenters. The zero-order valence-corrected chi connectivity index (χ0v) is 19.2. The van der Waals surface area contributed by atoms with E-state index in [9.17, 15) is 15.0 Å². The highest BCUT2D eigenvalue weighted by molar-refractivity contribution is 5.96. The molecule has 2 heterocycles. The van der Waals surface area contributed by atoms with Crippen molar-refractivity contribution in [1.29, 1.82) is 0 Å².